The van der Waals surface area contributed by atoms with Crippen LogP contribution < -0.4 is 10.2 Å². The Bertz CT molecular complexity index is 1380. The first kappa shape index (κ1) is 21.9. The van der Waals surface area contributed by atoms with Gasteiger partial charge in [0.05, 0.1) is 23.0 Å². The summed E-state index contributed by atoms with van der Waals surface area (Å²) in [5.41, 5.74) is 3.45. The van der Waals surface area contributed by atoms with Gasteiger partial charge in [-0.05, 0) is 57.0 Å². The Morgan fingerprint density at radius 3 is 2.74 bits per heavy atom. The number of aromatic nitrogens is 4. The van der Waals surface area contributed by atoms with E-state index in [1.807, 2.05) is 25.1 Å². The summed E-state index contributed by atoms with van der Waals surface area (Å²) < 4.78 is 14.3. The van der Waals surface area contributed by atoms with E-state index in [9.17, 15) is 14.3 Å². The summed E-state index contributed by atoms with van der Waals surface area (Å²) in [6, 6.07) is 8.74. The lowest BCUT2D eigenvalue weighted by molar-refractivity contribution is -0.142. The molecule has 0 unspecified atom stereocenters. The van der Waals surface area contributed by atoms with Crippen LogP contribution in [0.5, 0.6) is 0 Å². The van der Waals surface area contributed by atoms with Crippen LogP contribution in [-0.4, -0.2) is 44.1 Å². The monoisotopic (exact) mass is 460 g/mol. The summed E-state index contributed by atoms with van der Waals surface area (Å²) in [6.45, 7) is 4.89. The van der Waals surface area contributed by atoms with E-state index < -0.39 is 5.97 Å². The molecule has 1 aliphatic rings. The normalized spacial score (nSPS) is 15.6. The van der Waals surface area contributed by atoms with Crippen LogP contribution in [0.4, 0.5) is 16.0 Å². The van der Waals surface area contributed by atoms with Crippen LogP contribution >= 0.6 is 0 Å². The minimum absolute atomic E-state index is 0.199. The number of pyridine rings is 2. The highest BCUT2D eigenvalue weighted by Gasteiger charge is 2.28. The first-order valence-corrected chi connectivity index (χ1v) is 11.3. The minimum atomic E-state index is -0.762. The number of rotatable bonds is 5. The van der Waals surface area contributed by atoms with Gasteiger partial charge in [-0.1, -0.05) is 0 Å². The van der Waals surface area contributed by atoms with Gasteiger partial charge in [-0.3, -0.25) is 9.78 Å². The molecule has 2 N–H and O–H groups in total. The zero-order valence-electron chi connectivity index (χ0n) is 19.0. The van der Waals surface area contributed by atoms with Crippen molar-refractivity contribution in [3.63, 3.8) is 0 Å². The van der Waals surface area contributed by atoms with Crippen molar-refractivity contribution >= 4 is 39.5 Å². The van der Waals surface area contributed by atoms with Gasteiger partial charge in [0, 0.05) is 35.8 Å². The van der Waals surface area contributed by atoms with E-state index in [2.05, 4.69) is 25.2 Å². The molecule has 5 rings (SSSR count). The number of carboxylic acids is 1. The number of fused-ring (bicyclic) bond motifs is 2. The topological polar surface area (TPSA) is 104 Å². The summed E-state index contributed by atoms with van der Waals surface area (Å²) in [5.74, 6) is -0.0656. The van der Waals surface area contributed by atoms with E-state index in [0.29, 0.717) is 48.3 Å². The predicted molar refractivity (Wildman–Crippen MR) is 128 cm³/mol. The standard InChI is InChI=1S/C25H25FN6O2/c1-14-19(26)6-5-17-12-18(15(2)30-23-22-20(28-13-29-23)4-3-9-27-22)24(31-21(14)17)32-10-7-16(8-11-32)25(33)34/h3-6,9,12-13,15-16H,7-8,10-11H2,1-2H3,(H,33,34)(H,28,29,30)/t15-/m0/s1. The lowest BCUT2D eigenvalue weighted by atomic mass is 9.96. The van der Waals surface area contributed by atoms with E-state index in [0.717, 1.165) is 22.3 Å². The fourth-order valence-corrected chi connectivity index (χ4v) is 4.56. The van der Waals surface area contributed by atoms with Crippen LogP contribution in [0.25, 0.3) is 21.9 Å². The SMILES string of the molecule is Cc1c(F)ccc2cc([C@H](C)Nc3ncnc4cccnc34)c(N3CCC(C(=O)O)CC3)nc12. The van der Waals surface area contributed by atoms with Gasteiger partial charge < -0.3 is 15.3 Å². The molecule has 3 aromatic heterocycles. The Hall–Kier alpha value is -3.88. The molecule has 0 bridgehead atoms. The van der Waals surface area contributed by atoms with Gasteiger partial charge in [0.1, 0.15) is 23.5 Å². The van der Waals surface area contributed by atoms with Gasteiger partial charge >= 0.3 is 5.97 Å². The van der Waals surface area contributed by atoms with Crippen molar-refractivity contribution in [1.29, 1.82) is 0 Å². The average Bonchev–Trinajstić information content (AvgIpc) is 2.86. The maximum absolute atomic E-state index is 14.3. The van der Waals surface area contributed by atoms with Crippen LogP contribution in [0, 0.1) is 18.7 Å². The third-order valence-electron chi connectivity index (χ3n) is 6.54. The summed E-state index contributed by atoms with van der Waals surface area (Å²) in [7, 11) is 0. The summed E-state index contributed by atoms with van der Waals surface area (Å²) in [4.78, 5) is 31.5. The van der Waals surface area contributed by atoms with Crippen molar-refractivity contribution in [2.45, 2.75) is 32.7 Å². The molecule has 0 spiro atoms. The predicted octanol–water partition coefficient (Wildman–Crippen LogP) is 4.49. The molecule has 1 atom stereocenters. The fraction of sp³-hybridized carbons (Fsp3) is 0.320. The molecule has 1 aromatic carbocycles. The second-order valence-electron chi connectivity index (χ2n) is 8.70. The third kappa shape index (κ3) is 3.98. The highest BCUT2D eigenvalue weighted by atomic mass is 19.1. The van der Waals surface area contributed by atoms with Crippen molar-refractivity contribution < 1.29 is 14.3 Å². The number of piperidine rings is 1. The zero-order valence-corrected chi connectivity index (χ0v) is 19.0. The third-order valence-corrected chi connectivity index (χ3v) is 6.54. The van der Waals surface area contributed by atoms with Crippen LogP contribution in [0.3, 0.4) is 0 Å². The quantitative estimate of drug-likeness (QED) is 0.449. The second kappa shape index (κ2) is 8.81. The van der Waals surface area contributed by atoms with Gasteiger partial charge in [0.25, 0.3) is 0 Å². The summed E-state index contributed by atoms with van der Waals surface area (Å²) in [6.07, 6.45) is 4.29. The lowest BCUT2D eigenvalue weighted by Crippen LogP contribution is -2.37. The van der Waals surface area contributed by atoms with Gasteiger partial charge in [-0.2, -0.15) is 0 Å². The first-order chi connectivity index (χ1) is 16.4. The number of aryl methyl sites for hydroxylation is 1. The Morgan fingerprint density at radius 2 is 1.97 bits per heavy atom. The number of aliphatic carboxylic acids is 1. The van der Waals surface area contributed by atoms with E-state index in [1.54, 1.807) is 19.2 Å². The van der Waals surface area contributed by atoms with E-state index in [4.69, 9.17) is 4.98 Å². The molecule has 8 nitrogen and oxygen atoms in total. The minimum Gasteiger partial charge on any atom is -0.481 e. The van der Waals surface area contributed by atoms with Crippen LogP contribution in [0.1, 0.15) is 36.9 Å². The molecule has 0 amide bonds. The fourth-order valence-electron chi connectivity index (χ4n) is 4.56. The van der Waals surface area contributed by atoms with E-state index in [1.165, 1.54) is 12.4 Å². The number of carboxylic acid groups (broad SMARTS) is 1. The van der Waals surface area contributed by atoms with E-state index in [-0.39, 0.29) is 17.8 Å². The van der Waals surface area contributed by atoms with Crippen LogP contribution in [-0.2, 0) is 4.79 Å². The van der Waals surface area contributed by atoms with Gasteiger partial charge in [-0.25, -0.2) is 19.3 Å². The van der Waals surface area contributed by atoms with Crippen LogP contribution in [0.15, 0.2) is 42.9 Å². The van der Waals surface area contributed by atoms with Gasteiger partial charge in [0.15, 0.2) is 5.82 Å². The average molecular weight is 461 g/mol. The zero-order chi connectivity index (χ0) is 23.8. The second-order valence-corrected chi connectivity index (χ2v) is 8.70. The molecule has 4 aromatic rings. The van der Waals surface area contributed by atoms with Crippen molar-refractivity contribution in [3.05, 3.63) is 59.8 Å². The number of anilines is 2. The molecule has 9 heteroatoms. The number of nitrogens with one attached hydrogen (secondary N) is 1. The Balaban J connectivity index is 1.56. The number of hydrogen-bond donors (Lipinski definition) is 2. The molecule has 174 valence electrons. The summed E-state index contributed by atoms with van der Waals surface area (Å²) in [5, 5.41) is 13.7. The highest BCUT2D eigenvalue weighted by Crippen LogP contribution is 2.34. The molecule has 1 fully saturated rings. The number of carbonyl (C=O) groups is 1. The maximum atomic E-state index is 14.3. The molecule has 0 aliphatic carbocycles. The largest absolute Gasteiger partial charge is 0.481 e. The molecular formula is C25H25FN6O2. The Morgan fingerprint density at radius 1 is 1.18 bits per heavy atom. The first-order valence-electron chi connectivity index (χ1n) is 11.3. The van der Waals surface area contributed by atoms with Crippen molar-refractivity contribution in [2.75, 3.05) is 23.3 Å². The molecular weight excluding hydrogens is 435 g/mol. The van der Waals surface area contributed by atoms with Crippen molar-refractivity contribution in [3.8, 4) is 0 Å². The molecule has 0 saturated carbocycles. The Kier molecular flexibility index (Phi) is 5.69. The number of hydrogen-bond acceptors (Lipinski definition) is 7. The number of halogens is 1. The smallest absolute Gasteiger partial charge is 0.306 e. The molecule has 1 aliphatic heterocycles. The van der Waals surface area contributed by atoms with Crippen LogP contribution in [0.2, 0.25) is 0 Å². The van der Waals surface area contributed by atoms with Gasteiger partial charge in [-0.15, -0.1) is 0 Å². The molecule has 34 heavy (non-hydrogen) atoms. The van der Waals surface area contributed by atoms with E-state index >= 15 is 0 Å². The summed E-state index contributed by atoms with van der Waals surface area (Å²) >= 11 is 0. The highest BCUT2D eigenvalue weighted by molar-refractivity contribution is 5.87. The number of nitrogens with zero attached hydrogens (tertiary/aromatic N) is 5. The lowest BCUT2D eigenvalue weighted by Gasteiger charge is -2.33. The van der Waals surface area contributed by atoms with Crippen molar-refractivity contribution in [1.82, 2.24) is 19.9 Å². The molecule has 1 saturated heterocycles. The maximum Gasteiger partial charge on any atom is 0.306 e. The Labute approximate surface area is 195 Å². The van der Waals surface area contributed by atoms with Crippen molar-refractivity contribution in [2.24, 2.45) is 5.92 Å². The van der Waals surface area contributed by atoms with Gasteiger partial charge in [0.2, 0.25) is 0 Å². The molecule has 4 heterocycles. The number of benzene rings is 1. The molecule has 0 radical (unpaired) electrons.